The molecule has 0 unspecified atom stereocenters. The summed E-state index contributed by atoms with van der Waals surface area (Å²) in [7, 11) is 2.01. The van der Waals surface area contributed by atoms with E-state index in [-0.39, 0.29) is 0 Å². The van der Waals surface area contributed by atoms with E-state index in [1.54, 1.807) is 0 Å². The summed E-state index contributed by atoms with van der Waals surface area (Å²) >= 11 is 6.14. The first-order valence-corrected chi connectivity index (χ1v) is 6.29. The SMILES string of the molecule is CCN=C(NCC)N(C)Cc1ccccc1Cl. The summed E-state index contributed by atoms with van der Waals surface area (Å²) in [6.07, 6.45) is 0. The molecule has 3 nitrogen and oxygen atoms in total. The van der Waals surface area contributed by atoms with Crippen LogP contribution >= 0.6 is 11.6 Å². The maximum atomic E-state index is 6.14. The highest BCUT2D eigenvalue weighted by Gasteiger charge is 2.07. The third-order valence-corrected chi connectivity index (χ3v) is 2.74. The second kappa shape index (κ2) is 7.17. The molecule has 0 heterocycles. The van der Waals surface area contributed by atoms with Crippen molar-refractivity contribution in [1.82, 2.24) is 10.2 Å². The Morgan fingerprint density at radius 1 is 1.35 bits per heavy atom. The molecular formula is C13H20ClN3. The van der Waals surface area contributed by atoms with E-state index in [0.717, 1.165) is 36.2 Å². The van der Waals surface area contributed by atoms with E-state index in [2.05, 4.69) is 22.1 Å². The van der Waals surface area contributed by atoms with Crippen LogP contribution in [0.5, 0.6) is 0 Å². The van der Waals surface area contributed by atoms with Gasteiger partial charge in [-0.25, -0.2) is 0 Å². The molecule has 0 aromatic heterocycles. The van der Waals surface area contributed by atoms with Crippen molar-refractivity contribution in [3.63, 3.8) is 0 Å². The van der Waals surface area contributed by atoms with E-state index in [4.69, 9.17) is 11.6 Å². The van der Waals surface area contributed by atoms with Crippen LogP contribution in [0.1, 0.15) is 19.4 Å². The van der Waals surface area contributed by atoms with Crippen LogP contribution in [0.4, 0.5) is 0 Å². The van der Waals surface area contributed by atoms with Gasteiger partial charge in [0, 0.05) is 31.7 Å². The summed E-state index contributed by atoms with van der Waals surface area (Å²) in [5, 5.41) is 4.05. The molecule has 17 heavy (non-hydrogen) atoms. The molecule has 4 heteroatoms. The maximum absolute atomic E-state index is 6.14. The van der Waals surface area contributed by atoms with Crippen LogP contribution in [0.15, 0.2) is 29.3 Å². The van der Waals surface area contributed by atoms with Gasteiger partial charge >= 0.3 is 0 Å². The zero-order chi connectivity index (χ0) is 12.7. The molecule has 0 aliphatic heterocycles. The molecule has 1 N–H and O–H groups in total. The van der Waals surface area contributed by atoms with Gasteiger partial charge in [-0.15, -0.1) is 0 Å². The van der Waals surface area contributed by atoms with Gasteiger partial charge in [-0.2, -0.15) is 0 Å². The number of halogens is 1. The molecule has 0 bridgehead atoms. The number of nitrogens with one attached hydrogen (secondary N) is 1. The molecule has 0 amide bonds. The van der Waals surface area contributed by atoms with Crippen LogP contribution in [0, 0.1) is 0 Å². The Kier molecular flexibility index (Phi) is 5.84. The van der Waals surface area contributed by atoms with Crippen LogP contribution in [0.25, 0.3) is 0 Å². The van der Waals surface area contributed by atoms with E-state index >= 15 is 0 Å². The number of hydrogen-bond acceptors (Lipinski definition) is 1. The topological polar surface area (TPSA) is 27.6 Å². The van der Waals surface area contributed by atoms with Crippen LogP contribution in [-0.2, 0) is 6.54 Å². The Morgan fingerprint density at radius 3 is 2.65 bits per heavy atom. The molecule has 0 fully saturated rings. The summed E-state index contributed by atoms with van der Waals surface area (Å²) in [6, 6.07) is 7.89. The molecule has 0 aliphatic rings. The largest absolute Gasteiger partial charge is 0.357 e. The molecule has 0 radical (unpaired) electrons. The number of hydrogen-bond donors (Lipinski definition) is 1. The van der Waals surface area contributed by atoms with E-state index < -0.39 is 0 Å². The smallest absolute Gasteiger partial charge is 0.193 e. The molecule has 0 spiro atoms. The minimum Gasteiger partial charge on any atom is -0.357 e. The Morgan fingerprint density at radius 2 is 2.06 bits per heavy atom. The average Bonchev–Trinajstić information content (AvgIpc) is 2.32. The second-order valence-corrected chi connectivity index (χ2v) is 4.18. The monoisotopic (exact) mass is 253 g/mol. The lowest BCUT2D eigenvalue weighted by Gasteiger charge is -2.22. The second-order valence-electron chi connectivity index (χ2n) is 3.78. The lowest BCUT2D eigenvalue weighted by molar-refractivity contribution is 0.477. The molecular weight excluding hydrogens is 234 g/mol. The Hall–Kier alpha value is -1.22. The summed E-state index contributed by atoms with van der Waals surface area (Å²) in [5.74, 6) is 0.912. The molecule has 1 rings (SSSR count). The van der Waals surface area contributed by atoms with Gasteiger partial charge in [0.1, 0.15) is 0 Å². The third kappa shape index (κ3) is 4.27. The summed E-state index contributed by atoms with van der Waals surface area (Å²) in [6.45, 7) is 6.49. The van der Waals surface area contributed by atoms with Gasteiger partial charge in [0.25, 0.3) is 0 Å². The zero-order valence-electron chi connectivity index (χ0n) is 10.7. The van der Waals surface area contributed by atoms with E-state index in [0.29, 0.717) is 0 Å². The highest BCUT2D eigenvalue weighted by Crippen LogP contribution is 2.16. The van der Waals surface area contributed by atoms with Gasteiger partial charge in [-0.3, -0.25) is 4.99 Å². The highest BCUT2D eigenvalue weighted by molar-refractivity contribution is 6.31. The number of guanidine groups is 1. The van der Waals surface area contributed by atoms with Crippen molar-refractivity contribution in [2.45, 2.75) is 20.4 Å². The van der Waals surface area contributed by atoms with Crippen molar-refractivity contribution < 1.29 is 0 Å². The summed E-state index contributed by atoms with van der Waals surface area (Å²) in [4.78, 5) is 6.51. The minimum absolute atomic E-state index is 0.755. The first-order valence-electron chi connectivity index (χ1n) is 5.91. The molecule has 94 valence electrons. The fraction of sp³-hybridized carbons (Fsp3) is 0.462. The molecule has 0 atom stereocenters. The molecule has 1 aromatic rings. The van der Waals surface area contributed by atoms with Gasteiger partial charge in [0.2, 0.25) is 0 Å². The number of benzene rings is 1. The summed E-state index contributed by atoms with van der Waals surface area (Å²) < 4.78 is 0. The van der Waals surface area contributed by atoms with Gasteiger partial charge in [-0.05, 0) is 25.5 Å². The molecule has 0 saturated heterocycles. The first-order chi connectivity index (χ1) is 8.19. The maximum Gasteiger partial charge on any atom is 0.193 e. The Bertz CT molecular complexity index is 377. The number of aliphatic imine (C=N–C) groups is 1. The molecule has 0 saturated carbocycles. The predicted octanol–water partition coefficient (Wildman–Crippen LogP) is 2.76. The fourth-order valence-corrected chi connectivity index (χ4v) is 1.77. The van der Waals surface area contributed by atoms with Crippen molar-refractivity contribution in [2.24, 2.45) is 4.99 Å². The molecule has 1 aromatic carbocycles. The lowest BCUT2D eigenvalue weighted by Crippen LogP contribution is -2.38. The lowest BCUT2D eigenvalue weighted by atomic mass is 10.2. The van der Waals surface area contributed by atoms with Crippen LogP contribution in [0.2, 0.25) is 5.02 Å². The Labute approximate surface area is 108 Å². The van der Waals surface area contributed by atoms with Gasteiger partial charge in [-0.1, -0.05) is 29.8 Å². The van der Waals surface area contributed by atoms with E-state index in [1.165, 1.54) is 0 Å². The highest BCUT2D eigenvalue weighted by atomic mass is 35.5. The average molecular weight is 254 g/mol. The first kappa shape index (κ1) is 13.8. The van der Waals surface area contributed by atoms with Gasteiger partial charge in [0.15, 0.2) is 5.96 Å². The Balaban J connectivity index is 2.73. The standard InChI is InChI=1S/C13H20ClN3/c1-4-15-13(16-5-2)17(3)10-11-8-6-7-9-12(11)14/h6-9H,4-5,10H2,1-3H3,(H,15,16). The van der Waals surface area contributed by atoms with Gasteiger partial charge < -0.3 is 10.2 Å². The van der Waals surface area contributed by atoms with Crippen molar-refractivity contribution >= 4 is 17.6 Å². The predicted molar refractivity (Wildman–Crippen MR) is 74.6 cm³/mol. The normalized spacial score (nSPS) is 11.4. The van der Waals surface area contributed by atoms with Crippen molar-refractivity contribution in [2.75, 3.05) is 20.1 Å². The van der Waals surface area contributed by atoms with Crippen LogP contribution in [0.3, 0.4) is 0 Å². The van der Waals surface area contributed by atoms with Crippen LogP contribution < -0.4 is 5.32 Å². The van der Waals surface area contributed by atoms with Crippen molar-refractivity contribution in [3.05, 3.63) is 34.9 Å². The minimum atomic E-state index is 0.755. The van der Waals surface area contributed by atoms with Crippen LogP contribution in [-0.4, -0.2) is 31.0 Å². The quantitative estimate of drug-likeness (QED) is 0.660. The summed E-state index contributed by atoms with van der Waals surface area (Å²) in [5.41, 5.74) is 1.11. The van der Waals surface area contributed by atoms with Gasteiger partial charge in [0.05, 0.1) is 0 Å². The fourth-order valence-electron chi connectivity index (χ4n) is 1.58. The van der Waals surface area contributed by atoms with E-state index in [9.17, 15) is 0 Å². The van der Waals surface area contributed by atoms with Crippen molar-refractivity contribution in [1.29, 1.82) is 0 Å². The molecule has 0 aliphatic carbocycles. The number of nitrogens with zero attached hydrogens (tertiary/aromatic N) is 2. The zero-order valence-corrected chi connectivity index (χ0v) is 11.5. The number of rotatable bonds is 4. The van der Waals surface area contributed by atoms with E-state index in [1.807, 2.05) is 38.2 Å². The van der Waals surface area contributed by atoms with Crippen molar-refractivity contribution in [3.8, 4) is 0 Å². The third-order valence-electron chi connectivity index (χ3n) is 2.37.